The molecule has 10 heteroatoms. The third kappa shape index (κ3) is 2.72. The van der Waals surface area contributed by atoms with Gasteiger partial charge in [-0.3, -0.25) is 0 Å². The van der Waals surface area contributed by atoms with Crippen LogP contribution in [0.5, 0.6) is 5.75 Å². The number of amidine groups is 1. The Hall–Kier alpha value is -3.22. The molecule has 0 aliphatic carbocycles. The Kier molecular flexibility index (Phi) is 4.41. The van der Waals surface area contributed by atoms with Crippen molar-refractivity contribution in [1.29, 1.82) is 5.26 Å². The summed E-state index contributed by atoms with van der Waals surface area (Å²) in [5.74, 6) is 0.759. The first-order chi connectivity index (χ1) is 13.8. The van der Waals surface area contributed by atoms with E-state index in [2.05, 4.69) is 5.10 Å². The van der Waals surface area contributed by atoms with Crippen LogP contribution in [0.25, 0.3) is 0 Å². The van der Waals surface area contributed by atoms with E-state index in [1.165, 1.54) is 31.4 Å². The second-order valence-electron chi connectivity index (χ2n) is 7.01. The van der Waals surface area contributed by atoms with Gasteiger partial charge in [-0.1, -0.05) is 18.6 Å². The number of benzene rings is 1. The number of ether oxygens (including phenoxy) is 1. The van der Waals surface area contributed by atoms with Crippen molar-refractivity contribution in [3.63, 3.8) is 0 Å². The second kappa shape index (κ2) is 6.69. The number of hydrogen-bond donors (Lipinski definition) is 1. The Balaban J connectivity index is 1.97. The van der Waals surface area contributed by atoms with Crippen molar-refractivity contribution < 1.29 is 22.7 Å². The van der Waals surface area contributed by atoms with Gasteiger partial charge in [0.2, 0.25) is 5.54 Å². The number of rotatable bonds is 2. The van der Waals surface area contributed by atoms with Crippen molar-refractivity contribution in [2.45, 2.75) is 37.4 Å². The lowest BCUT2D eigenvalue weighted by Crippen LogP contribution is -2.63. The van der Waals surface area contributed by atoms with Gasteiger partial charge in [-0.2, -0.15) is 23.4 Å². The molecule has 0 radical (unpaired) electrons. The fourth-order valence-corrected chi connectivity index (χ4v) is 4.00. The van der Waals surface area contributed by atoms with Crippen molar-refractivity contribution >= 4 is 11.9 Å². The van der Waals surface area contributed by atoms with E-state index < -0.39 is 23.3 Å². The molecule has 1 unspecified atom stereocenters. The number of nitriles is 1. The van der Waals surface area contributed by atoms with Crippen LogP contribution < -0.4 is 10.1 Å². The van der Waals surface area contributed by atoms with E-state index in [-0.39, 0.29) is 11.4 Å². The number of hydrazone groups is 1. The summed E-state index contributed by atoms with van der Waals surface area (Å²) < 4.78 is 48.6. The topological polar surface area (TPSA) is 81.0 Å². The van der Waals surface area contributed by atoms with Gasteiger partial charge in [0, 0.05) is 13.0 Å². The summed E-state index contributed by atoms with van der Waals surface area (Å²) in [7, 11) is 1.40. The number of halogens is 3. The van der Waals surface area contributed by atoms with Gasteiger partial charge in [0.05, 0.1) is 7.11 Å². The van der Waals surface area contributed by atoms with Gasteiger partial charge in [-0.25, -0.2) is 4.79 Å². The standard InChI is InChI=1S/C19H18F3N5O2/c1-29-13-8-6-12(7-9-13)18(19(20,21)22)14(11-23)16-26-10-4-2-3-5-15(26)25-27(16)17(28)24-18/h6-9H,2-5,10H2,1H3,(H,24,28). The third-order valence-corrected chi connectivity index (χ3v) is 5.41. The lowest BCUT2D eigenvalue weighted by atomic mass is 9.80. The zero-order chi connectivity index (χ0) is 20.8. The molecule has 7 nitrogen and oxygen atoms in total. The number of carbonyl (C=O) groups excluding carboxylic acids is 1. The summed E-state index contributed by atoms with van der Waals surface area (Å²) in [5, 5.41) is 17.0. The Morgan fingerprint density at radius 1 is 1.24 bits per heavy atom. The van der Waals surface area contributed by atoms with Crippen molar-refractivity contribution in [2.24, 2.45) is 5.10 Å². The fourth-order valence-electron chi connectivity index (χ4n) is 4.00. The van der Waals surface area contributed by atoms with Gasteiger partial charge < -0.3 is 15.0 Å². The minimum absolute atomic E-state index is 0.110. The van der Waals surface area contributed by atoms with Crippen LogP contribution in [0.15, 0.2) is 40.8 Å². The SMILES string of the molecule is COc1ccc(C2(C(F)(F)F)NC(=O)N3N=C4CCCCCN4C3=C2C#N)cc1. The second-order valence-corrected chi connectivity index (χ2v) is 7.01. The maximum atomic E-state index is 14.5. The van der Waals surface area contributed by atoms with Crippen molar-refractivity contribution in [1.82, 2.24) is 15.2 Å². The van der Waals surface area contributed by atoms with E-state index in [0.29, 0.717) is 24.6 Å². The smallest absolute Gasteiger partial charge is 0.421 e. The summed E-state index contributed by atoms with van der Waals surface area (Å²) in [5.41, 5.74) is -3.85. The van der Waals surface area contributed by atoms with Gasteiger partial charge in [0.1, 0.15) is 23.2 Å². The van der Waals surface area contributed by atoms with Gasteiger partial charge >= 0.3 is 12.2 Å². The molecule has 1 saturated heterocycles. The maximum absolute atomic E-state index is 14.5. The fraction of sp³-hybridized carbons (Fsp3) is 0.421. The van der Waals surface area contributed by atoms with Gasteiger partial charge in [0.25, 0.3) is 0 Å². The van der Waals surface area contributed by atoms with E-state index in [0.717, 1.165) is 24.3 Å². The number of nitrogens with one attached hydrogen (secondary N) is 1. The molecule has 1 atom stereocenters. The molecule has 3 aliphatic rings. The van der Waals surface area contributed by atoms with Crippen LogP contribution in [0.2, 0.25) is 0 Å². The summed E-state index contributed by atoms with van der Waals surface area (Å²) in [4.78, 5) is 14.3. The molecule has 0 saturated carbocycles. The van der Waals surface area contributed by atoms with Crippen molar-refractivity contribution in [2.75, 3.05) is 13.7 Å². The normalized spacial score (nSPS) is 24.2. The average molecular weight is 405 g/mol. The Morgan fingerprint density at radius 3 is 2.59 bits per heavy atom. The molecular formula is C19H18F3N5O2. The Morgan fingerprint density at radius 2 is 1.97 bits per heavy atom. The lowest BCUT2D eigenvalue weighted by Gasteiger charge is -2.42. The number of fused-ring (bicyclic) bond motifs is 3. The molecular weight excluding hydrogens is 387 g/mol. The summed E-state index contributed by atoms with van der Waals surface area (Å²) in [6, 6.07) is 5.85. The van der Waals surface area contributed by atoms with E-state index in [1.54, 1.807) is 11.0 Å². The first-order valence-electron chi connectivity index (χ1n) is 9.17. The highest BCUT2D eigenvalue weighted by Crippen LogP contribution is 2.49. The highest BCUT2D eigenvalue weighted by atomic mass is 19.4. The zero-order valence-electron chi connectivity index (χ0n) is 15.6. The molecule has 1 N–H and O–H groups in total. The van der Waals surface area contributed by atoms with Gasteiger partial charge in [-0.05, 0) is 30.5 Å². The molecule has 2 amide bonds. The summed E-state index contributed by atoms with van der Waals surface area (Å²) in [6.07, 6.45) is -1.97. The van der Waals surface area contributed by atoms with E-state index in [9.17, 15) is 23.2 Å². The molecule has 152 valence electrons. The monoisotopic (exact) mass is 405 g/mol. The molecule has 0 aromatic heterocycles. The number of amides is 2. The number of hydrogen-bond acceptors (Lipinski definition) is 5. The van der Waals surface area contributed by atoms with Crippen LogP contribution in [0.4, 0.5) is 18.0 Å². The lowest BCUT2D eigenvalue weighted by molar-refractivity contribution is -0.186. The van der Waals surface area contributed by atoms with Crippen LogP contribution in [-0.4, -0.2) is 41.6 Å². The maximum Gasteiger partial charge on any atom is 0.421 e. The number of methoxy groups -OCH3 is 1. The predicted molar refractivity (Wildman–Crippen MR) is 96.3 cm³/mol. The molecule has 29 heavy (non-hydrogen) atoms. The van der Waals surface area contributed by atoms with Crippen LogP contribution in [0, 0.1) is 11.3 Å². The molecule has 1 fully saturated rings. The Bertz CT molecular complexity index is 948. The quantitative estimate of drug-likeness (QED) is 0.818. The number of urea groups is 1. The molecule has 1 aromatic rings. The van der Waals surface area contributed by atoms with Crippen molar-refractivity contribution in [3.05, 3.63) is 41.2 Å². The van der Waals surface area contributed by atoms with Crippen LogP contribution in [0.3, 0.4) is 0 Å². The van der Waals surface area contributed by atoms with Crippen LogP contribution in [0.1, 0.15) is 31.2 Å². The van der Waals surface area contributed by atoms with Gasteiger partial charge in [-0.15, -0.1) is 5.10 Å². The first-order valence-corrected chi connectivity index (χ1v) is 9.17. The molecule has 0 bridgehead atoms. The molecule has 0 spiro atoms. The minimum Gasteiger partial charge on any atom is -0.497 e. The molecule has 1 aromatic carbocycles. The largest absolute Gasteiger partial charge is 0.497 e. The predicted octanol–water partition coefficient (Wildman–Crippen LogP) is 3.42. The van der Waals surface area contributed by atoms with Crippen LogP contribution in [-0.2, 0) is 5.54 Å². The summed E-state index contributed by atoms with van der Waals surface area (Å²) in [6.45, 7) is 0.402. The number of nitrogens with zero attached hydrogens (tertiary/aromatic N) is 4. The van der Waals surface area contributed by atoms with Crippen molar-refractivity contribution in [3.8, 4) is 11.8 Å². The summed E-state index contributed by atoms with van der Waals surface area (Å²) >= 11 is 0. The third-order valence-electron chi connectivity index (χ3n) is 5.41. The zero-order valence-corrected chi connectivity index (χ0v) is 15.6. The molecule has 3 aliphatic heterocycles. The van der Waals surface area contributed by atoms with E-state index in [1.807, 2.05) is 5.32 Å². The molecule has 4 rings (SSSR count). The average Bonchev–Trinajstić information content (AvgIpc) is 2.90. The minimum atomic E-state index is -4.96. The number of alkyl halides is 3. The van der Waals surface area contributed by atoms with Crippen LogP contribution >= 0.6 is 0 Å². The first kappa shape index (κ1) is 19.1. The highest BCUT2D eigenvalue weighted by molar-refractivity contribution is 5.92. The van der Waals surface area contributed by atoms with E-state index >= 15 is 0 Å². The van der Waals surface area contributed by atoms with E-state index in [4.69, 9.17) is 4.74 Å². The van der Waals surface area contributed by atoms with Gasteiger partial charge in [0.15, 0.2) is 5.82 Å². The number of carbonyl (C=O) groups is 1. The molecule has 3 heterocycles. The highest BCUT2D eigenvalue weighted by Gasteiger charge is 2.65. The Labute approximate surface area is 165 Å².